The van der Waals surface area contributed by atoms with E-state index in [1.807, 2.05) is 49.6 Å². The number of ether oxygens (including phenoxy) is 2. The van der Waals surface area contributed by atoms with Gasteiger partial charge in [0, 0.05) is 63.6 Å². The number of β-amino-alcohol motifs (C(OH)–C–C–N with tert-alkyl or cyclic N) is 1. The van der Waals surface area contributed by atoms with E-state index in [0.717, 1.165) is 74.9 Å². The molecule has 4 aromatic rings. The second-order valence-corrected chi connectivity index (χ2v) is 12.2. The SMILES string of the molecule is Cc1ncoc1COc1ccc2c(c1)CCN(C[C@@H](O)CCC(=O)c1ccc(OC3CCN(Cc4ccncc4)CC3)cc1)C2.S. The average molecular weight is 645 g/mol. The lowest BCUT2D eigenvalue weighted by atomic mass is 9.98. The Morgan fingerprint density at radius 1 is 1.00 bits per heavy atom. The number of rotatable bonds is 13. The fourth-order valence-electron chi connectivity index (χ4n) is 6.12. The van der Waals surface area contributed by atoms with Crippen LogP contribution < -0.4 is 9.47 Å². The molecule has 0 amide bonds. The fourth-order valence-corrected chi connectivity index (χ4v) is 6.12. The molecular formula is C36H44N4O5S. The number of pyridine rings is 1. The number of benzene rings is 2. The zero-order chi connectivity index (χ0) is 31.0. The monoisotopic (exact) mass is 644 g/mol. The molecule has 1 atom stereocenters. The number of aryl methyl sites for hydroxylation is 1. The molecule has 0 bridgehead atoms. The molecule has 6 rings (SSSR count). The maximum absolute atomic E-state index is 12.9. The summed E-state index contributed by atoms with van der Waals surface area (Å²) in [5.74, 6) is 2.39. The Labute approximate surface area is 278 Å². The highest BCUT2D eigenvalue weighted by Crippen LogP contribution is 2.26. The summed E-state index contributed by atoms with van der Waals surface area (Å²) in [7, 11) is 0. The molecule has 9 nitrogen and oxygen atoms in total. The zero-order valence-corrected chi connectivity index (χ0v) is 27.4. The van der Waals surface area contributed by atoms with Gasteiger partial charge < -0.3 is 19.0 Å². The molecule has 2 aromatic heterocycles. The molecule has 1 saturated heterocycles. The first-order chi connectivity index (χ1) is 22.0. The minimum Gasteiger partial charge on any atom is -0.490 e. The van der Waals surface area contributed by atoms with Gasteiger partial charge in [-0.2, -0.15) is 13.5 Å². The van der Waals surface area contributed by atoms with Crippen LogP contribution in [-0.4, -0.2) is 69.0 Å². The van der Waals surface area contributed by atoms with Crippen LogP contribution in [0.15, 0.2) is 77.8 Å². The number of piperidine rings is 1. The third kappa shape index (κ3) is 9.19. The van der Waals surface area contributed by atoms with Gasteiger partial charge >= 0.3 is 0 Å². The van der Waals surface area contributed by atoms with E-state index in [4.69, 9.17) is 13.9 Å². The number of aromatic nitrogens is 2. The highest BCUT2D eigenvalue weighted by atomic mass is 32.1. The van der Waals surface area contributed by atoms with E-state index in [-0.39, 0.29) is 25.4 Å². The Hall–Kier alpha value is -3.70. The Morgan fingerprint density at radius 3 is 2.50 bits per heavy atom. The van der Waals surface area contributed by atoms with Crippen LogP contribution in [0.5, 0.6) is 11.5 Å². The van der Waals surface area contributed by atoms with Crippen molar-refractivity contribution < 1.29 is 23.8 Å². The van der Waals surface area contributed by atoms with E-state index >= 15 is 0 Å². The van der Waals surface area contributed by atoms with Crippen LogP contribution in [0.1, 0.15) is 64.2 Å². The van der Waals surface area contributed by atoms with Gasteiger partial charge in [0.15, 0.2) is 17.9 Å². The Bertz CT molecular complexity index is 1540. The van der Waals surface area contributed by atoms with Gasteiger partial charge in [-0.15, -0.1) is 0 Å². The molecule has 1 fully saturated rings. The Kier molecular flexibility index (Phi) is 11.9. The van der Waals surface area contributed by atoms with Crippen LogP contribution >= 0.6 is 13.5 Å². The highest BCUT2D eigenvalue weighted by Gasteiger charge is 2.22. The van der Waals surface area contributed by atoms with Crippen LogP contribution in [0.2, 0.25) is 0 Å². The first-order valence-electron chi connectivity index (χ1n) is 15.9. The van der Waals surface area contributed by atoms with Crippen molar-refractivity contribution in [1.29, 1.82) is 0 Å². The van der Waals surface area contributed by atoms with Crippen molar-refractivity contribution >= 4 is 19.3 Å². The minimum atomic E-state index is -0.560. The van der Waals surface area contributed by atoms with E-state index in [2.05, 4.69) is 44.0 Å². The molecule has 1 N–H and O–H groups in total. The second-order valence-electron chi connectivity index (χ2n) is 12.2. The van der Waals surface area contributed by atoms with Gasteiger partial charge in [0.2, 0.25) is 0 Å². The van der Waals surface area contributed by atoms with Gasteiger partial charge in [-0.25, -0.2) is 4.98 Å². The number of aliphatic hydroxyl groups is 1. The minimum absolute atomic E-state index is 0. The van der Waals surface area contributed by atoms with E-state index in [9.17, 15) is 9.90 Å². The fraction of sp³-hybridized carbons (Fsp3) is 0.417. The van der Waals surface area contributed by atoms with E-state index in [1.165, 1.54) is 23.1 Å². The third-order valence-electron chi connectivity index (χ3n) is 8.83. The Balaban J connectivity index is 0.00000417. The normalized spacial score (nSPS) is 16.3. The zero-order valence-electron chi connectivity index (χ0n) is 26.4. The predicted molar refractivity (Wildman–Crippen MR) is 181 cm³/mol. The third-order valence-corrected chi connectivity index (χ3v) is 8.83. The van der Waals surface area contributed by atoms with Gasteiger partial charge in [-0.05, 0) is 97.8 Å². The predicted octanol–water partition coefficient (Wildman–Crippen LogP) is 5.50. The molecule has 4 heterocycles. The first-order valence-corrected chi connectivity index (χ1v) is 15.9. The lowest BCUT2D eigenvalue weighted by molar-refractivity contribution is 0.0836. The highest BCUT2D eigenvalue weighted by molar-refractivity contribution is 7.59. The van der Waals surface area contributed by atoms with E-state index < -0.39 is 6.10 Å². The molecule has 0 aliphatic carbocycles. The van der Waals surface area contributed by atoms with Gasteiger partial charge in [0.1, 0.15) is 24.2 Å². The number of Topliss-reactive ketones (excluding diaryl/α,β-unsaturated/α-hetero) is 1. The summed E-state index contributed by atoms with van der Waals surface area (Å²) in [5.41, 5.74) is 5.29. The van der Waals surface area contributed by atoms with Crippen LogP contribution in [0, 0.1) is 6.92 Å². The van der Waals surface area contributed by atoms with Crippen molar-refractivity contribution in [1.82, 2.24) is 19.8 Å². The van der Waals surface area contributed by atoms with Gasteiger partial charge in [0.25, 0.3) is 0 Å². The molecule has 2 aromatic carbocycles. The summed E-state index contributed by atoms with van der Waals surface area (Å²) in [4.78, 5) is 25.8. The van der Waals surface area contributed by atoms with Gasteiger partial charge in [0.05, 0.1) is 11.8 Å². The molecular weight excluding hydrogens is 600 g/mol. The summed E-state index contributed by atoms with van der Waals surface area (Å²) >= 11 is 0. The van der Waals surface area contributed by atoms with Crippen molar-refractivity contribution in [3.63, 3.8) is 0 Å². The van der Waals surface area contributed by atoms with Crippen LogP contribution in [0.3, 0.4) is 0 Å². The Morgan fingerprint density at radius 2 is 1.76 bits per heavy atom. The summed E-state index contributed by atoms with van der Waals surface area (Å²) in [6.07, 6.45) is 8.33. The molecule has 244 valence electrons. The number of nitrogens with zero attached hydrogens (tertiary/aromatic N) is 4. The largest absolute Gasteiger partial charge is 0.490 e. The topological polar surface area (TPSA) is 101 Å². The molecule has 2 aliphatic rings. The van der Waals surface area contributed by atoms with Gasteiger partial charge in [-0.3, -0.25) is 19.6 Å². The van der Waals surface area contributed by atoms with Crippen molar-refractivity contribution in [3.8, 4) is 11.5 Å². The summed E-state index contributed by atoms with van der Waals surface area (Å²) in [6.45, 7) is 7.36. The average Bonchev–Trinajstić information content (AvgIpc) is 3.48. The summed E-state index contributed by atoms with van der Waals surface area (Å²) in [5, 5.41) is 10.7. The first kappa shape index (κ1) is 33.7. The van der Waals surface area contributed by atoms with Crippen LogP contribution in [-0.2, 0) is 26.1 Å². The smallest absolute Gasteiger partial charge is 0.181 e. The molecule has 2 aliphatic heterocycles. The number of ketones is 1. The number of hydrogen-bond acceptors (Lipinski definition) is 9. The second kappa shape index (κ2) is 16.2. The standard InChI is InChI=1S/C36H42N4O5.H2S/c1-26-36(44-25-38-26)24-43-34-8-4-30-22-40(17-12-29(30)20-34)23-31(41)5-9-35(42)28-2-6-32(7-3-28)45-33-13-18-39(19-14-33)21-27-10-15-37-16-11-27;/h2-4,6-8,10-11,15-16,20,25,31,33,41H,5,9,12-14,17-19,21-24H2,1H3;1H2/t31-;/m0./s1. The molecule has 46 heavy (non-hydrogen) atoms. The molecule has 0 unspecified atom stereocenters. The molecule has 10 heteroatoms. The molecule has 0 radical (unpaired) electrons. The lowest BCUT2D eigenvalue weighted by Crippen LogP contribution is -2.37. The number of aliphatic hydroxyl groups excluding tert-OH is 1. The molecule has 0 saturated carbocycles. The van der Waals surface area contributed by atoms with Crippen molar-refractivity contribution in [2.45, 2.75) is 70.9 Å². The summed E-state index contributed by atoms with van der Waals surface area (Å²) in [6, 6.07) is 17.8. The number of hydrogen-bond donors (Lipinski definition) is 1. The number of fused-ring (bicyclic) bond motifs is 1. The van der Waals surface area contributed by atoms with Gasteiger partial charge in [-0.1, -0.05) is 6.07 Å². The number of oxazole rings is 1. The number of carbonyl (C=O) groups is 1. The summed E-state index contributed by atoms with van der Waals surface area (Å²) < 4.78 is 17.5. The molecule has 0 spiro atoms. The van der Waals surface area contributed by atoms with E-state index in [1.54, 1.807) is 0 Å². The van der Waals surface area contributed by atoms with Crippen LogP contribution in [0.4, 0.5) is 0 Å². The lowest BCUT2D eigenvalue weighted by Gasteiger charge is -2.32. The van der Waals surface area contributed by atoms with E-state index in [0.29, 0.717) is 31.6 Å². The maximum atomic E-state index is 12.9. The maximum Gasteiger partial charge on any atom is 0.181 e. The van der Waals surface area contributed by atoms with Crippen LogP contribution in [0.25, 0.3) is 0 Å². The number of carbonyl (C=O) groups excluding carboxylic acids is 1. The van der Waals surface area contributed by atoms with Crippen molar-refractivity contribution in [2.24, 2.45) is 0 Å². The quantitative estimate of drug-likeness (QED) is 0.189. The van der Waals surface area contributed by atoms with Crippen molar-refractivity contribution in [3.05, 3.63) is 107 Å². The van der Waals surface area contributed by atoms with Crippen molar-refractivity contribution in [2.75, 3.05) is 26.2 Å². The number of likely N-dealkylation sites (tertiary alicyclic amines) is 1.